The number of anilines is 2. The molecule has 27 heavy (non-hydrogen) atoms. The van der Waals surface area contributed by atoms with Gasteiger partial charge in [-0.3, -0.25) is 14.9 Å². The topological polar surface area (TPSA) is 84.5 Å². The van der Waals surface area contributed by atoms with Crippen LogP contribution in [0.4, 0.5) is 16.2 Å². The number of ether oxygens (including phenoxy) is 1. The average Bonchev–Trinajstić information content (AvgIpc) is 2.55. The van der Waals surface area contributed by atoms with Crippen molar-refractivity contribution in [2.75, 3.05) is 10.6 Å². The molecule has 0 radical (unpaired) electrons. The molecule has 0 aliphatic heterocycles. The van der Waals surface area contributed by atoms with Crippen molar-refractivity contribution in [3.63, 3.8) is 0 Å². The molecule has 0 heterocycles. The molecule has 2 aromatic rings. The van der Waals surface area contributed by atoms with Gasteiger partial charge in [0.15, 0.2) is 5.78 Å². The summed E-state index contributed by atoms with van der Waals surface area (Å²) in [6.07, 6.45) is -0.352. The third kappa shape index (κ3) is 6.93. The molecule has 2 rings (SSSR count). The molecule has 2 amide bonds. The smallest absolute Gasteiger partial charge is 0.412 e. The summed E-state index contributed by atoms with van der Waals surface area (Å²) in [6.45, 7) is 6.86. The molecule has 0 unspecified atom stereocenters. The van der Waals surface area contributed by atoms with Crippen LogP contribution in [0.5, 0.6) is 0 Å². The van der Waals surface area contributed by atoms with E-state index in [1.54, 1.807) is 69.3 Å². The fourth-order valence-electron chi connectivity index (χ4n) is 2.33. The second kappa shape index (κ2) is 8.49. The molecule has 2 aromatic carbocycles. The Balaban J connectivity index is 1.92. The summed E-state index contributed by atoms with van der Waals surface area (Å²) in [5.74, 6) is -0.247. The number of Topliss-reactive ketones (excluding diaryl/α,β-unsaturated/α-hetero) is 1. The molecular weight excluding hydrogens is 344 g/mol. The van der Waals surface area contributed by atoms with Gasteiger partial charge in [0.05, 0.1) is 6.42 Å². The van der Waals surface area contributed by atoms with E-state index < -0.39 is 11.7 Å². The van der Waals surface area contributed by atoms with E-state index in [-0.39, 0.29) is 18.1 Å². The van der Waals surface area contributed by atoms with E-state index in [0.717, 1.165) is 5.56 Å². The van der Waals surface area contributed by atoms with Gasteiger partial charge in [-0.1, -0.05) is 24.3 Å². The first kappa shape index (κ1) is 20.2. The van der Waals surface area contributed by atoms with Gasteiger partial charge in [0.25, 0.3) is 0 Å². The average molecular weight is 368 g/mol. The van der Waals surface area contributed by atoms with Crippen LogP contribution in [0.2, 0.25) is 0 Å². The molecule has 0 fully saturated rings. The lowest BCUT2D eigenvalue weighted by Crippen LogP contribution is -2.27. The molecule has 0 bridgehead atoms. The SMILES string of the molecule is CC(=O)c1cccc(NC(=O)Cc2ccc(NC(=O)OC(C)(C)C)cc2)c1. The van der Waals surface area contributed by atoms with Gasteiger partial charge in [-0.05, 0) is 57.5 Å². The lowest BCUT2D eigenvalue weighted by atomic mass is 10.1. The Morgan fingerprint density at radius 3 is 2.19 bits per heavy atom. The van der Waals surface area contributed by atoms with Crippen molar-refractivity contribution in [2.45, 2.75) is 39.7 Å². The fraction of sp³-hybridized carbons (Fsp3) is 0.286. The number of amides is 2. The zero-order chi connectivity index (χ0) is 20.0. The predicted octanol–water partition coefficient (Wildman–Crippen LogP) is 4.42. The van der Waals surface area contributed by atoms with Gasteiger partial charge in [0.1, 0.15) is 5.60 Å². The van der Waals surface area contributed by atoms with Crippen LogP contribution in [0.15, 0.2) is 48.5 Å². The summed E-state index contributed by atoms with van der Waals surface area (Å²) in [5, 5.41) is 5.42. The molecule has 0 spiro atoms. The van der Waals surface area contributed by atoms with Crippen LogP contribution in [-0.4, -0.2) is 23.4 Å². The zero-order valence-electron chi connectivity index (χ0n) is 16.0. The minimum absolute atomic E-state index is 0.0563. The van der Waals surface area contributed by atoms with Crippen molar-refractivity contribution in [2.24, 2.45) is 0 Å². The van der Waals surface area contributed by atoms with E-state index >= 15 is 0 Å². The van der Waals surface area contributed by atoms with Crippen LogP contribution in [0, 0.1) is 0 Å². The Kier molecular flexibility index (Phi) is 6.34. The van der Waals surface area contributed by atoms with E-state index in [2.05, 4.69) is 10.6 Å². The van der Waals surface area contributed by atoms with Gasteiger partial charge in [-0.25, -0.2) is 4.79 Å². The maximum absolute atomic E-state index is 12.2. The minimum Gasteiger partial charge on any atom is -0.444 e. The summed E-state index contributed by atoms with van der Waals surface area (Å²) < 4.78 is 5.19. The summed E-state index contributed by atoms with van der Waals surface area (Å²) in [5.41, 5.74) is 1.94. The molecule has 142 valence electrons. The molecular formula is C21H24N2O4. The van der Waals surface area contributed by atoms with Crippen LogP contribution in [0.25, 0.3) is 0 Å². The molecule has 0 saturated heterocycles. The van der Waals surface area contributed by atoms with E-state index in [4.69, 9.17) is 4.74 Å². The maximum atomic E-state index is 12.2. The summed E-state index contributed by atoms with van der Waals surface area (Å²) in [7, 11) is 0. The summed E-state index contributed by atoms with van der Waals surface area (Å²) in [6, 6.07) is 13.8. The van der Waals surface area contributed by atoms with Crippen LogP contribution < -0.4 is 10.6 Å². The second-order valence-corrected chi connectivity index (χ2v) is 7.19. The number of ketones is 1. The molecule has 0 aliphatic carbocycles. The predicted molar refractivity (Wildman–Crippen MR) is 105 cm³/mol. The van der Waals surface area contributed by atoms with E-state index in [1.165, 1.54) is 6.92 Å². The number of hydrogen-bond donors (Lipinski definition) is 2. The molecule has 0 aromatic heterocycles. The summed E-state index contributed by atoms with van der Waals surface area (Å²) in [4.78, 5) is 35.4. The number of nitrogens with one attached hydrogen (secondary N) is 2. The van der Waals surface area contributed by atoms with E-state index in [0.29, 0.717) is 16.9 Å². The molecule has 0 saturated carbocycles. The third-order valence-electron chi connectivity index (χ3n) is 3.52. The number of rotatable bonds is 5. The molecule has 2 N–H and O–H groups in total. The van der Waals surface area contributed by atoms with E-state index in [9.17, 15) is 14.4 Å². The fourth-order valence-corrected chi connectivity index (χ4v) is 2.33. The van der Waals surface area contributed by atoms with Gasteiger partial charge in [-0.15, -0.1) is 0 Å². The van der Waals surface area contributed by atoms with Crippen molar-refractivity contribution in [3.8, 4) is 0 Å². The van der Waals surface area contributed by atoms with Crippen molar-refractivity contribution in [1.82, 2.24) is 0 Å². The first-order valence-corrected chi connectivity index (χ1v) is 8.62. The quantitative estimate of drug-likeness (QED) is 0.765. The van der Waals surface area contributed by atoms with Crippen LogP contribution >= 0.6 is 0 Å². The summed E-state index contributed by atoms with van der Waals surface area (Å²) >= 11 is 0. The third-order valence-corrected chi connectivity index (χ3v) is 3.52. The lowest BCUT2D eigenvalue weighted by Gasteiger charge is -2.19. The molecule has 6 nitrogen and oxygen atoms in total. The first-order valence-electron chi connectivity index (χ1n) is 8.62. The van der Waals surface area contributed by atoms with Crippen LogP contribution in [-0.2, 0) is 16.0 Å². The lowest BCUT2D eigenvalue weighted by molar-refractivity contribution is -0.115. The number of carbonyl (C=O) groups excluding carboxylic acids is 3. The largest absolute Gasteiger partial charge is 0.444 e. The Morgan fingerprint density at radius 1 is 0.926 bits per heavy atom. The zero-order valence-corrected chi connectivity index (χ0v) is 16.0. The Bertz CT molecular complexity index is 836. The van der Waals surface area contributed by atoms with Crippen molar-refractivity contribution >= 4 is 29.2 Å². The highest BCUT2D eigenvalue weighted by molar-refractivity contribution is 5.97. The van der Waals surface area contributed by atoms with Gasteiger partial charge in [0, 0.05) is 16.9 Å². The number of carbonyl (C=O) groups is 3. The van der Waals surface area contributed by atoms with Crippen LogP contribution in [0.3, 0.4) is 0 Å². The highest BCUT2D eigenvalue weighted by atomic mass is 16.6. The molecule has 0 atom stereocenters. The normalized spacial score (nSPS) is 10.8. The molecule has 6 heteroatoms. The Morgan fingerprint density at radius 2 is 1.59 bits per heavy atom. The highest BCUT2D eigenvalue weighted by Gasteiger charge is 2.16. The van der Waals surface area contributed by atoms with Gasteiger partial charge in [-0.2, -0.15) is 0 Å². The standard InChI is InChI=1S/C21H24N2O4/c1-14(24)16-6-5-7-18(13-16)22-19(25)12-15-8-10-17(11-9-15)23-20(26)27-21(2,3)4/h5-11,13H,12H2,1-4H3,(H,22,25)(H,23,26). The Hall–Kier alpha value is -3.15. The van der Waals surface area contributed by atoms with Crippen LogP contribution in [0.1, 0.15) is 43.6 Å². The van der Waals surface area contributed by atoms with Crippen molar-refractivity contribution in [1.29, 1.82) is 0 Å². The van der Waals surface area contributed by atoms with E-state index in [1.807, 2.05) is 0 Å². The first-order chi connectivity index (χ1) is 12.6. The second-order valence-electron chi connectivity index (χ2n) is 7.19. The number of hydrogen-bond acceptors (Lipinski definition) is 4. The van der Waals surface area contributed by atoms with Gasteiger partial charge < -0.3 is 10.1 Å². The van der Waals surface area contributed by atoms with Gasteiger partial charge in [0.2, 0.25) is 5.91 Å². The molecule has 0 aliphatic rings. The van der Waals surface area contributed by atoms with Crippen molar-refractivity contribution < 1.29 is 19.1 Å². The Labute approximate surface area is 158 Å². The highest BCUT2D eigenvalue weighted by Crippen LogP contribution is 2.15. The van der Waals surface area contributed by atoms with Crippen molar-refractivity contribution in [3.05, 3.63) is 59.7 Å². The monoisotopic (exact) mass is 368 g/mol. The minimum atomic E-state index is -0.568. The maximum Gasteiger partial charge on any atom is 0.412 e. The number of benzene rings is 2. The van der Waals surface area contributed by atoms with Gasteiger partial charge >= 0.3 is 6.09 Å².